The Bertz CT molecular complexity index is 865. The van der Waals surface area contributed by atoms with Crippen LogP contribution in [0.5, 0.6) is 0 Å². The van der Waals surface area contributed by atoms with E-state index in [1.165, 1.54) is 18.0 Å². The molecule has 0 saturated carbocycles. The highest BCUT2D eigenvalue weighted by atomic mass is 32.2. The normalized spacial score (nSPS) is 18.1. The highest BCUT2D eigenvalue weighted by Gasteiger charge is 2.24. The number of ether oxygens (including phenoxy) is 1. The van der Waals surface area contributed by atoms with Crippen LogP contribution in [0.25, 0.3) is 0 Å². The molecule has 142 valence electrons. The molecule has 1 amide bonds. The number of carbonyl (C=O) groups excluding carboxylic acids is 1. The van der Waals surface area contributed by atoms with E-state index in [2.05, 4.69) is 15.2 Å². The van der Waals surface area contributed by atoms with Gasteiger partial charge in [-0.25, -0.2) is 4.98 Å². The van der Waals surface area contributed by atoms with Crippen molar-refractivity contribution in [2.75, 3.05) is 38.6 Å². The number of nitrogens with zero attached hydrogens (tertiary/aromatic N) is 3. The maximum atomic E-state index is 12.9. The van der Waals surface area contributed by atoms with E-state index >= 15 is 0 Å². The average molecular weight is 386 g/mol. The number of nitrogens with one attached hydrogen (secondary N) is 1. The highest BCUT2D eigenvalue weighted by Crippen LogP contribution is 2.21. The van der Waals surface area contributed by atoms with Crippen molar-refractivity contribution >= 4 is 17.7 Å². The van der Waals surface area contributed by atoms with Gasteiger partial charge in [-0.05, 0) is 5.56 Å². The molecule has 0 spiro atoms. The molecule has 2 aliphatic heterocycles. The minimum Gasteiger partial charge on any atom is -0.379 e. The van der Waals surface area contributed by atoms with Crippen molar-refractivity contribution in [2.24, 2.45) is 0 Å². The molecule has 2 aromatic rings. The molecule has 1 aromatic carbocycles. The second-order valence-corrected chi connectivity index (χ2v) is 7.67. The number of thioether (sulfide) groups is 1. The Morgan fingerprint density at radius 3 is 2.78 bits per heavy atom. The van der Waals surface area contributed by atoms with Crippen molar-refractivity contribution in [3.05, 3.63) is 58.0 Å². The van der Waals surface area contributed by atoms with Crippen molar-refractivity contribution in [2.45, 2.75) is 17.7 Å². The summed E-state index contributed by atoms with van der Waals surface area (Å²) in [5, 5.41) is 3.73. The lowest BCUT2D eigenvalue weighted by Crippen LogP contribution is -2.44. The number of amides is 1. The molecular formula is C19H22N4O3S. The summed E-state index contributed by atoms with van der Waals surface area (Å²) in [6.45, 7) is 4.34. The van der Waals surface area contributed by atoms with E-state index in [0.29, 0.717) is 31.5 Å². The zero-order chi connectivity index (χ0) is 18.6. The molecule has 1 saturated heterocycles. The van der Waals surface area contributed by atoms with Crippen LogP contribution in [0, 0.1) is 0 Å². The summed E-state index contributed by atoms with van der Waals surface area (Å²) in [6.07, 6.45) is 1.40. The number of fused-ring (bicyclic) bond motifs is 1. The van der Waals surface area contributed by atoms with Gasteiger partial charge < -0.3 is 10.1 Å². The predicted octanol–water partition coefficient (Wildman–Crippen LogP) is 1.15. The fourth-order valence-electron chi connectivity index (χ4n) is 3.37. The van der Waals surface area contributed by atoms with Gasteiger partial charge in [-0.15, -0.1) is 0 Å². The fourth-order valence-corrected chi connectivity index (χ4v) is 4.28. The van der Waals surface area contributed by atoms with Gasteiger partial charge in [0, 0.05) is 38.1 Å². The Kier molecular flexibility index (Phi) is 5.56. The third-order valence-electron chi connectivity index (χ3n) is 4.85. The van der Waals surface area contributed by atoms with Gasteiger partial charge in [0.25, 0.3) is 11.5 Å². The van der Waals surface area contributed by atoms with E-state index < -0.39 is 0 Å². The third-order valence-corrected chi connectivity index (χ3v) is 5.82. The molecule has 0 aliphatic carbocycles. The minimum absolute atomic E-state index is 0.101. The zero-order valence-corrected chi connectivity index (χ0v) is 15.8. The van der Waals surface area contributed by atoms with Crippen molar-refractivity contribution in [1.29, 1.82) is 0 Å². The minimum atomic E-state index is -0.373. The average Bonchev–Trinajstić information content (AvgIpc) is 3.19. The summed E-state index contributed by atoms with van der Waals surface area (Å²) in [5.74, 6) is 0.443. The number of rotatable bonds is 5. The van der Waals surface area contributed by atoms with E-state index in [-0.39, 0.29) is 23.1 Å². The number of aromatic nitrogens is 2. The van der Waals surface area contributed by atoms with Crippen LogP contribution < -0.4 is 10.9 Å². The monoisotopic (exact) mass is 386 g/mol. The number of morpholine rings is 1. The van der Waals surface area contributed by atoms with Crippen LogP contribution in [0.15, 0.2) is 46.5 Å². The summed E-state index contributed by atoms with van der Waals surface area (Å²) in [7, 11) is 0. The quantitative estimate of drug-likeness (QED) is 0.777. The van der Waals surface area contributed by atoms with E-state index in [9.17, 15) is 9.59 Å². The molecule has 8 heteroatoms. The molecule has 1 N–H and O–H groups in total. The molecule has 1 aromatic heterocycles. The number of carbonyl (C=O) groups is 1. The number of hydrogen-bond donors (Lipinski definition) is 1. The first kappa shape index (κ1) is 18.2. The molecule has 27 heavy (non-hydrogen) atoms. The van der Waals surface area contributed by atoms with Gasteiger partial charge in [0.15, 0.2) is 5.16 Å². The van der Waals surface area contributed by atoms with Gasteiger partial charge >= 0.3 is 0 Å². The second kappa shape index (κ2) is 8.24. The number of hydrogen-bond acceptors (Lipinski definition) is 6. The molecule has 1 atom stereocenters. The van der Waals surface area contributed by atoms with Gasteiger partial charge in [-0.1, -0.05) is 42.1 Å². The molecule has 2 aliphatic rings. The first-order valence-electron chi connectivity index (χ1n) is 9.11. The summed E-state index contributed by atoms with van der Waals surface area (Å²) in [4.78, 5) is 32.1. The summed E-state index contributed by atoms with van der Waals surface area (Å²) < 4.78 is 6.99. The third kappa shape index (κ3) is 4.07. The molecular weight excluding hydrogens is 364 g/mol. The summed E-state index contributed by atoms with van der Waals surface area (Å²) in [6, 6.07) is 9.65. The summed E-state index contributed by atoms with van der Waals surface area (Å²) >= 11 is 1.54. The molecule has 3 heterocycles. The lowest BCUT2D eigenvalue weighted by Gasteiger charge is -2.31. The Labute approximate surface area is 161 Å². The molecule has 7 nitrogen and oxygen atoms in total. The SMILES string of the molecule is O=C(N[C@@H](CN1CCOCC1)c1ccccc1)c1cnc2n(c1=O)CCS2. The zero-order valence-electron chi connectivity index (χ0n) is 15.0. The topological polar surface area (TPSA) is 76.5 Å². The van der Waals surface area contributed by atoms with Crippen molar-refractivity contribution < 1.29 is 9.53 Å². The van der Waals surface area contributed by atoms with E-state index in [0.717, 1.165) is 24.4 Å². The van der Waals surface area contributed by atoms with Gasteiger partial charge in [-0.2, -0.15) is 0 Å². The Hall–Kier alpha value is -2.16. The van der Waals surface area contributed by atoms with Crippen LogP contribution in [-0.4, -0.2) is 59.0 Å². The first-order chi connectivity index (χ1) is 13.2. The lowest BCUT2D eigenvalue weighted by molar-refractivity contribution is 0.0332. The highest BCUT2D eigenvalue weighted by molar-refractivity contribution is 7.99. The molecule has 4 rings (SSSR count). The van der Waals surface area contributed by atoms with Crippen LogP contribution in [0.2, 0.25) is 0 Å². The maximum absolute atomic E-state index is 12.9. The number of benzene rings is 1. The Balaban J connectivity index is 1.56. The first-order valence-corrected chi connectivity index (χ1v) is 10.1. The molecule has 0 unspecified atom stereocenters. The van der Waals surface area contributed by atoms with Crippen LogP contribution >= 0.6 is 11.8 Å². The van der Waals surface area contributed by atoms with Crippen LogP contribution in [0.3, 0.4) is 0 Å². The standard InChI is InChI=1S/C19H22N4O3S/c24-17(15-12-20-19-23(18(15)25)8-11-27-19)21-16(14-4-2-1-3-5-14)13-22-6-9-26-10-7-22/h1-5,12,16H,6-11,13H2,(H,21,24)/t16-/m0/s1. The van der Waals surface area contributed by atoms with Crippen LogP contribution in [0.1, 0.15) is 22.0 Å². The van der Waals surface area contributed by atoms with Gasteiger partial charge in [-0.3, -0.25) is 19.1 Å². The fraction of sp³-hybridized carbons (Fsp3) is 0.421. The lowest BCUT2D eigenvalue weighted by atomic mass is 10.1. The van der Waals surface area contributed by atoms with Crippen molar-refractivity contribution in [1.82, 2.24) is 19.8 Å². The van der Waals surface area contributed by atoms with E-state index in [1.54, 1.807) is 4.57 Å². The van der Waals surface area contributed by atoms with Crippen LogP contribution in [-0.2, 0) is 11.3 Å². The van der Waals surface area contributed by atoms with Crippen LogP contribution in [0.4, 0.5) is 0 Å². The van der Waals surface area contributed by atoms with Gasteiger partial charge in [0.1, 0.15) is 5.56 Å². The predicted molar refractivity (Wildman–Crippen MR) is 103 cm³/mol. The Morgan fingerprint density at radius 2 is 2.00 bits per heavy atom. The van der Waals surface area contributed by atoms with Gasteiger partial charge in [0.05, 0.1) is 19.3 Å². The largest absolute Gasteiger partial charge is 0.379 e. The van der Waals surface area contributed by atoms with Crippen molar-refractivity contribution in [3.8, 4) is 0 Å². The molecule has 1 fully saturated rings. The smallest absolute Gasteiger partial charge is 0.267 e. The van der Waals surface area contributed by atoms with E-state index in [4.69, 9.17) is 4.74 Å². The maximum Gasteiger partial charge on any atom is 0.267 e. The molecule has 0 radical (unpaired) electrons. The van der Waals surface area contributed by atoms with Gasteiger partial charge in [0.2, 0.25) is 0 Å². The Morgan fingerprint density at radius 1 is 1.22 bits per heavy atom. The van der Waals surface area contributed by atoms with Crippen molar-refractivity contribution in [3.63, 3.8) is 0 Å². The van der Waals surface area contributed by atoms with E-state index in [1.807, 2.05) is 30.3 Å². The second-order valence-electron chi connectivity index (χ2n) is 6.61. The molecule has 0 bridgehead atoms. The summed E-state index contributed by atoms with van der Waals surface area (Å²) in [5.41, 5.74) is 0.854.